The van der Waals surface area contributed by atoms with Crippen molar-refractivity contribution >= 4 is 5.69 Å². The summed E-state index contributed by atoms with van der Waals surface area (Å²) in [4.78, 5) is 0. The van der Waals surface area contributed by atoms with Gasteiger partial charge in [-0.15, -0.1) is 0 Å². The van der Waals surface area contributed by atoms with Gasteiger partial charge in [-0.05, 0) is 59.7 Å². The third-order valence-corrected chi connectivity index (χ3v) is 3.82. The van der Waals surface area contributed by atoms with Crippen LogP contribution in [0.3, 0.4) is 0 Å². The van der Waals surface area contributed by atoms with E-state index in [4.69, 9.17) is 10.5 Å². The molecule has 0 saturated carbocycles. The number of nitrogens with two attached hydrogens (primary N) is 1. The first-order chi connectivity index (χ1) is 9.97. The van der Waals surface area contributed by atoms with Crippen molar-refractivity contribution in [3.8, 4) is 11.5 Å². The number of ether oxygens (including phenoxy) is 1. The highest BCUT2D eigenvalue weighted by Gasteiger charge is 2.19. The zero-order valence-corrected chi connectivity index (χ0v) is 13.3. The molecule has 0 atom stereocenters. The van der Waals surface area contributed by atoms with Gasteiger partial charge in [0.15, 0.2) is 0 Å². The second-order valence-corrected chi connectivity index (χ2v) is 6.25. The maximum absolute atomic E-state index is 5.83. The van der Waals surface area contributed by atoms with Gasteiger partial charge in [-0.25, -0.2) is 0 Å². The predicted molar refractivity (Wildman–Crippen MR) is 89.8 cm³/mol. The van der Waals surface area contributed by atoms with Crippen molar-refractivity contribution in [1.82, 2.24) is 0 Å². The van der Waals surface area contributed by atoms with E-state index in [0.29, 0.717) is 17.8 Å². The Hall–Kier alpha value is -1.96. The second kappa shape index (κ2) is 6.66. The third kappa shape index (κ3) is 4.01. The smallest absolute Gasteiger partial charge is 0.127 e. The van der Waals surface area contributed by atoms with Crippen molar-refractivity contribution in [2.24, 2.45) is 11.8 Å². The maximum atomic E-state index is 5.83. The van der Waals surface area contributed by atoms with E-state index < -0.39 is 0 Å². The summed E-state index contributed by atoms with van der Waals surface area (Å²) >= 11 is 0. The van der Waals surface area contributed by atoms with Crippen molar-refractivity contribution in [2.45, 2.75) is 33.6 Å². The Balaban J connectivity index is 2.13. The molecule has 0 aliphatic heterocycles. The molecule has 2 rings (SSSR count). The molecule has 0 saturated heterocycles. The summed E-state index contributed by atoms with van der Waals surface area (Å²) in [7, 11) is 0. The lowest BCUT2D eigenvalue weighted by Gasteiger charge is -2.25. The molecule has 2 aromatic rings. The van der Waals surface area contributed by atoms with E-state index in [0.717, 1.165) is 17.2 Å². The molecule has 112 valence electrons. The minimum absolute atomic E-state index is 0.579. The van der Waals surface area contributed by atoms with E-state index >= 15 is 0 Å². The molecule has 0 unspecified atom stereocenters. The summed E-state index contributed by atoms with van der Waals surface area (Å²) in [5.74, 6) is 3.51. The van der Waals surface area contributed by atoms with Gasteiger partial charge in [0.2, 0.25) is 0 Å². The van der Waals surface area contributed by atoms with Crippen molar-refractivity contribution in [1.29, 1.82) is 0 Å². The largest absolute Gasteiger partial charge is 0.457 e. The molecule has 0 aromatic heterocycles. The summed E-state index contributed by atoms with van der Waals surface area (Å²) in [6, 6.07) is 15.9. The monoisotopic (exact) mass is 283 g/mol. The van der Waals surface area contributed by atoms with Gasteiger partial charge < -0.3 is 10.5 Å². The Labute approximate surface area is 127 Å². The number of hydrogen-bond acceptors (Lipinski definition) is 2. The molecule has 0 spiro atoms. The average molecular weight is 283 g/mol. The Bertz CT molecular complexity index is 547. The number of anilines is 1. The van der Waals surface area contributed by atoms with Crippen molar-refractivity contribution < 1.29 is 4.74 Å². The number of hydrogen-bond donors (Lipinski definition) is 1. The highest BCUT2D eigenvalue weighted by Crippen LogP contribution is 2.33. The normalized spacial score (nSPS) is 11.4. The number of nitrogen functional groups attached to an aromatic ring is 1. The molecule has 0 bridgehead atoms. The number of rotatable bonds is 5. The molecule has 2 N–H and O–H groups in total. The van der Waals surface area contributed by atoms with Crippen LogP contribution in [-0.2, 0) is 0 Å². The van der Waals surface area contributed by atoms with Crippen LogP contribution < -0.4 is 10.5 Å². The Kier molecular flexibility index (Phi) is 4.89. The quantitative estimate of drug-likeness (QED) is 0.740. The Morgan fingerprint density at radius 3 is 1.57 bits per heavy atom. The minimum atomic E-state index is 0.579. The lowest BCUT2D eigenvalue weighted by molar-refractivity contribution is 0.387. The topological polar surface area (TPSA) is 35.2 Å². The van der Waals surface area contributed by atoms with Crippen molar-refractivity contribution in [3.05, 3.63) is 54.1 Å². The van der Waals surface area contributed by atoms with E-state index in [1.54, 1.807) is 0 Å². The van der Waals surface area contributed by atoms with Crippen LogP contribution in [-0.4, -0.2) is 0 Å². The molecular weight excluding hydrogens is 258 g/mol. The van der Waals surface area contributed by atoms with Crippen molar-refractivity contribution in [2.75, 3.05) is 5.73 Å². The Morgan fingerprint density at radius 2 is 1.14 bits per heavy atom. The second-order valence-electron chi connectivity index (χ2n) is 6.25. The van der Waals surface area contributed by atoms with Gasteiger partial charge in [-0.1, -0.05) is 39.8 Å². The van der Waals surface area contributed by atoms with Crippen LogP contribution in [0.5, 0.6) is 11.5 Å². The molecule has 0 fully saturated rings. The molecule has 0 aliphatic rings. The lowest BCUT2D eigenvalue weighted by atomic mass is 9.80. The van der Waals surface area contributed by atoms with E-state index in [-0.39, 0.29) is 0 Å². The van der Waals surface area contributed by atoms with Gasteiger partial charge in [0, 0.05) is 5.69 Å². The summed E-state index contributed by atoms with van der Waals surface area (Å²) in [5.41, 5.74) is 7.80. The zero-order valence-electron chi connectivity index (χ0n) is 13.3. The van der Waals surface area contributed by atoms with Crippen LogP contribution in [0.15, 0.2) is 48.5 Å². The lowest BCUT2D eigenvalue weighted by Crippen LogP contribution is -2.13. The first kappa shape index (κ1) is 15.4. The molecule has 21 heavy (non-hydrogen) atoms. The van der Waals surface area contributed by atoms with Gasteiger partial charge in [0.25, 0.3) is 0 Å². The van der Waals surface area contributed by atoms with Crippen LogP contribution >= 0.6 is 0 Å². The zero-order chi connectivity index (χ0) is 15.4. The molecule has 2 nitrogen and oxygen atoms in total. The van der Waals surface area contributed by atoms with Gasteiger partial charge in [-0.3, -0.25) is 0 Å². The highest BCUT2D eigenvalue weighted by atomic mass is 16.5. The van der Waals surface area contributed by atoms with E-state index in [2.05, 4.69) is 39.8 Å². The Morgan fingerprint density at radius 1 is 0.714 bits per heavy atom. The summed E-state index contributed by atoms with van der Waals surface area (Å²) in [6.45, 7) is 9.12. The fraction of sp³-hybridized carbons (Fsp3) is 0.368. The first-order valence-electron chi connectivity index (χ1n) is 7.60. The van der Waals surface area contributed by atoms with E-state index in [1.807, 2.05) is 36.4 Å². The SMILES string of the molecule is CC(C)C(c1ccc(Oc2ccc(N)cc2)cc1)C(C)C. The van der Waals surface area contributed by atoms with Gasteiger partial charge >= 0.3 is 0 Å². The number of benzene rings is 2. The summed E-state index contributed by atoms with van der Waals surface area (Å²) < 4.78 is 5.83. The van der Waals surface area contributed by atoms with Crippen LogP contribution in [0.1, 0.15) is 39.2 Å². The predicted octanol–water partition coefficient (Wildman–Crippen LogP) is 5.46. The molecule has 2 aromatic carbocycles. The molecule has 2 heteroatoms. The van der Waals surface area contributed by atoms with Crippen LogP contribution in [0.25, 0.3) is 0 Å². The third-order valence-electron chi connectivity index (χ3n) is 3.82. The van der Waals surface area contributed by atoms with Gasteiger partial charge in [-0.2, -0.15) is 0 Å². The standard InChI is InChI=1S/C19H25NO/c1-13(2)19(14(3)4)15-5-9-17(10-6-15)21-18-11-7-16(20)8-12-18/h5-14,19H,20H2,1-4H3. The molecular formula is C19H25NO. The van der Waals surface area contributed by atoms with E-state index in [9.17, 15) is 0 Å². The van der Waals surface area contributed by atoms with Gasteiger partial charge in [0.05, 0.1) is 0 Å². The molecule has 0 aliphatic carbocycles. The maximum Gasteiger partial charge on any atom is 0.127 e. The minimum Gasteiger partial charge on any atom is -0.457 e. The highest BCUT2D eigenvalue weighted by molar-refractivity contribution is 5.43. The average Bonchev–Trinajstić information content (AvgIpc) is 2.42. The molecule has 0 amide bonds. The summed E-state index contributed by atoms with van der Waals surface area (Å²) in [5, 5.41) is 0. The fourth-order valence-corrected chi connectivity index (χ4v) is 2.97. The van der Waals surface area contributed by atoms with Crippen LogP contribution in [0.4, 0.5) is 5.69 Å². The first-order valence-corrected chi connectivity index (χ1v) is 7.60. The summed E-state index contributed by atoms with van der Waals surface area (Å²) in [6.07, 6.45) is 0. The van der Waals surface area contributed by atoms with Crippen molar-refractivity contribution in [3.63, 3.8) is 0 Å². The molecule has 0 radical (unpaired) electrons. The van der Waals surface area contributed by atoms with E-state index in [1.165, 1.54) is 5.56 Å². The van der Waals surface area contributed by atoms with Gasteiger partial charge in [0.1, 0.15) is 11.5 Å². The molecule has 0 heterocycles. The van der Waals surface area contributed by atoms with Crippen LogP contribution in [0.2, 0.25) is 0 Å². The van der Waals surface area contributed by atoms with Crippen LogP contribution in [0, 0.1) is 11.8 Å². The fourth-order valence-electron chi connectivity index (χ4n) is 2.97.